The topological polar surface area (TPSA) is 97.5 Å². The molecule has 33 heavy (non-hydrogen) atoms. The third-order valence-electron chi connectivity index (χ3n) is 5.53. The van der Waals surface area contributed by atoms with Crippen LogP contribution in [0.5, 0.6) is 0 Å². The van der Waals surface area contributed by atoms with Crippen LogP contribution in [0.3, 0.4) is 0 Å². The first-order chi connectivity index (χ1) is 15.8. The largest absolute Gasteiger partial charge is 0.478 e. The number of anilines is 2. The van der Waals surface area contributed by atoms with E-state index >= 15 is 0 Å². The highest BCUT2D eigenvalue weighted by Gasteiger charge is 2.49. The summed E-state index contributed by atoms with van der Waals surface area (Å²) >= 11 is 0. The molecule has 0 aliphatic rings. The molecular formula is C26H31N3O3Si. The maximum atomic E-state index is 11.0. The summed E-state index contributed by atoms with van der Waals surface area (Å²) in [6.45, 7) is 7.71. The Bertz CT molecular complexity index is 1060. The monoisotopic (exact) mass is 461 g/mol. The number of nitrogens with zero attached hydrogens (tertiary/aromatic N) is 1. The van der Waals surface area contributed by atoms with Crippen LogP contribution in [0.4, 0.5) is 11.5 Å². The van der Waals surface area contributed by atoms with E-state index in [0.717, 1.165) is 0 Å². The molecule has 6 nitrogen and oxygen atoms in total. The van der Waals surface area contributed by atoms with E-state index < -0.39 is 14.3 Å². The van der Waals surface area contributed by atoms with E-state index in [1.807, 2.05) is 24.3 Å². The van der Waals surface area contributed by atoms with Crippen LogP contribution >= 0.6 is 0 Å². The number of rotatable bonds is 9. The van der Waals surface area contributed by atoms with Gasteiger partial charge in [0.15, 0.2) is 0 Å². The van der Waals surface area contributed by atoms with Crippen molar-refractivity contribution in [2.45, 2.75) is 25.8 Å². The van der Waals surface area contributed by atoms with E-state index in [9.17, 15) is 4.79 Å². The first kappa shape index (κ1) is 24.2. The molecule has 0 bridgehead atoms. The summed E-state index contributed by atoms with van der Waals surface area (Å²) in [7, 11) is -2.56. The Hall–Kier alpha value is -3.42. The molecule has 3 aromatic rings. The summed E-state index contributed by atoms with van der Waals surface area (Å²) in [5, 5.41) is 14.5. The van der Waals surface area contributed by atoms with Gasteiger partial charge in [0.2, 0.25) is 0 Å². The fourth-order valence-electron chi connectivity index (χ4n) is 3.99. The maximum Gasteiger partial charge on any atom is 0.337 e. The smallest absolute Gasteiger partial charge is 0.337 e. The van der Waals surface area contributed by atoms with Crippen molar-refractivity contribution in [1.82, 2.24) is 4.98 Å². The lowest BCUT2D eigenvalue weighted by molar-refractivity contribution is 0.0696. The summed E-state index contributed by atoms with van der Waals surface area (Å²) in [5.41, 5.74) is 6.26. The van der Waals surface area contributed by atoms with Gasteiger partial charge in [0.1, 0.15) is 5.82 Å². The van der Waals surface area contributed by atoms with Crippen LogP contribution < -0.4 is 21.4 Å². The molecule has 0 atom stereocenters. The number of benzene rings is 2. The SMILES string of the molecule is CC(C)(C)[Si](OCC=CCNc1ncc(C(=O)O)cc1N)(c1ccccc1)c1ccccc1. The minimum Gasteiger partial charge on any atom is -0.478 e. The van der Waals surface area contributed by atoms with Gasteiger partial charge in [-0.2, -0.15) is 0 Å². The van der Waals surface area contributed by atoms with Crippen molar-refractivity contribution < 1.29 is 14.3 Å². The molecule has 1 aromatic heterocycles. The molecule has 0 aliphatic heterocycles. The number of carboxylic acid groups (broad SMARTS) is 1. The fourth-order valence-corrected chi connectivity index (χ4v) is 8.49. The summed E-state index contributed by atoms with van der Waals surface area (Å²) in [5.74, 6) is -0.598. The Morgan fingerprint density at radius 2 is 1.64 bits per heavy atom. The third kappa shape index (κ3) is 5.50. The van der Waals surface area contributed by atoms with Gasteiger partial charge in [0, 0.05) is 12.7 Å². The van der Waals surface area contributed by atoms with Gasteiger partial charge in [-0.25, -0.2) is 9.78 Å². The number of pyridine rings is 1. The summed E-state index contributed by atoms with van der Waals surface area (Å²) in [6.07, 6.45) is 5.25. The van der Waals surface area contributed by atoms with Crippen LogP contribution in [0.25, 0.3) is 0 Å². The first-order valence-electron chi connectivity index (χ1n) is 10.9. The maximum absolute atomic E-state index is 11.0. The molecule has 172 valence electrons. The van der Waals surface area contributed by atoms with Gasteiger partial charge in [-0.1, -0.05) is 93.6 Å². The highest BCUT2D eigenvalue weighted by atomic mass is 28.4. The standard InChI is InChI=1S/C26H31N3O3Si/c1-26(2,3)33(21-12-6-4-7-13-21,22-14-8-5-9-15-22)32-17-11-10-16-28-24-23(27)18-20(19-29-24)25(30)31/h4-15,18-19H,16-17,27H2,1-3H3,(H,28,29)(H,30,31). The van der Waals surface area contributed by atoms with Crippen LogP contribution in [0.15, 0.2) is 85.1 Å². The van der Waals surface area contributed by atoms with Gasteiger partial charge in [-0.05, 0) is 21.5 Å². The van der Waals surface area contributed by atoms with Crippen molar-refractivity contribution in [3.05, 3.63) is 90.6 Å². The minimum atomic E-state index is -2.56. The lowest BCUT2D eigenvalue weighted by Gasteiger charge is -2.42. The lowest BCUT2D eigenvalue weighted by Crippen LogP contribution is -2.66. The van der Waals surface area contributed by atoms with E-state index in [1.54, 1.807) is 0 Å². The molecule has 0 aliphatic carbocycles. The average molecular weight is 462 g/mol. The number of aromatic carboxylic acids is 1. The molecule has 0 amide bonds. The molecular weight excluding hydrogens is 430 g/mol. The van der Waals surface area contributed by atoms with Crippen LogP contribution in [-0.2, 0) is 4.43 Å². The van der Waals surface area contributed by atoms with Crippen LogP contribution in [0.1, 0.15) is 31.1 Å². The number of hydrogen-bond acceptors (Lipinski definition) is 5. The number of aromatic nitrogens is 1. The number of carboxylic acids is 1. The zero-order valence-corrected chi connectivity index (χ0v) is 20.3. The van der Waals surface area contributed by atoms with E-state index in [4.69, 9.17) is 15.3 Å². The number of nitrogens with one attached hydrogen (secondary N) is 1. The van der Waals surface area contributed by atoms with Gasteiger partial charge in [0.25, 0.3) is 8.32 Å². The van der Waals surface area contributed by atoms with Gasteiger partial charge in [-0.15, -0.1) is 0 Å². The quantitative estimate of drug-likeness (QED) is 0.330. The Morgan fingerprint density at radius 3 is 2.12 bits per heavy atom. The highest BCUT2D eigenvalue weighted by Crippen LogP contribution is 2.36. The van der Waals surface area contributed by atoms with Gasteiger partial charge in [-0.3, -0.25) is 0 Å². The molecule has 0 saturated carbocycles. The predicted octanol–water partition coefficient (Wildman–Crippen LogP) is 3.91. The van der Waals surface area contributed by atoms with E-state index in [0.29, 0.717) is 24.7 Å². The first-order valence-corrected chi connectivity index (χ1v) is 12.8. The lowest BCUT2D eigenvalue weighted by atomic mass is 10.2. The molecule has 2 aromatic carbocycles. The van der Waals surface area contributed by atoms with Crippen LogP contribution in [0, 0.1) is 0 Å². The average Bonchev–Trinajstić information content (AvgIpc) is 2.79. The Morgan fingerprint density at radius 1 is 1.06 bits per heavy atom. The Labute approximate surface area is 196 Å². The Balaban J connectivity index is 1.74. The van der Waals surface area contributed by atoms with Crippen molar-refractivity contribution >= 4 is 36.2 Å². The summed E-state index contributed by atoms with van der Waals surface area (Å²) < 4.78 is 6.80. The second-order valence-electron chi connectivity index (χ2n) is 8.79. The molecule has 3 rings (SSSR count). The molecule has 4 N–H and O–H groups in total. The second kappa shape index (κ2) is 10.5. The third-order valence-corrected chi connectivity index (χ3v) is 10.5. The zero-order valence-electron chi connectivity index (χ0n) is 19.3. The summed E-state index contributed by atoms with van der Waals surface area (Å²) in [4.78, 5) is 15.1. The van der Waals surface area contributed by atoms with Crippen LogP contribution in [0.2, 0.25) is 5.04 Å². The molecule has 0 saturated heterocycles. The Kier molecular flexibility index (Phi) is 7.68. The molecule has 0 radical (unpaired) electrons. The molecule has 7 heteroatoms. The van der Waals surface area contributed by atoms with Crippen molar-refractivity contribution in [2.75, 3.05) is 24.2 Å². The molecule has 0 spiro atoms. The fraction of sp³-hybridized carbons (Fsp3) is 0.231. The number of hydrogen-bond donors (Lipinski definition) is 3. The van der Waals surface area contributed by atoms with E-state index in [1.165, 1.54) is 22.6 Å². The van der Waals surface area contributed by atoms with Gasteiger partial charge in [0.05, 0.1) is 17.9 Å². The number of nitrogen functional groups attached to an aromatic ring is 1. The predicted molar refractivity (Wildman–Crippen MR) is 137 cm³/mol. The van der Waals surface area contributed by atoms with Crippen molar-refractivity contribution in [1.29, 1.82) is 0 Å². The summed E-state index contributed by atoms with van der Waals surface area (Å²) in [6, 6.07) is 22.4. The highest BCUT2D eigenvalue weighted by molar-refractivity contribution is 6.99. The van der Waals surface area contributed by atoms with Crippen molar-refractivity contribution in [3.63, 3.8) is 0 Å². The number of nitrogens with two attached hydrogens (primary N) is 1. The second-order valence-corrected chi connectivity index (χ2v) is 13.1. The van der Waals surface area contributed by atoms with Gasteiger partial charge >= 0.3 is 5.97 Å². The molecule has 1 heterocycles. The van der Waals surface area contributed by atoms with Crippen LogP contribution in [-0.4, -0.2) is 37.5 Å². The van der Waals surface area contributed by atoms with E-state index in [2.05, 4.69) is 79.6 Å². The number of carbonyl (C=O) groups is 1. The van der Waals surface area contributed by atoms with Crippen molar-refractivity contribution in [3.8, 4) is 0 Å². The van der Waals surface area contributed by atoms with Crippen molar-refractivity contribution in [2.24, 2.45) is 0 Å². The van der Waals surface area contributed by atoms with Gasteiger partial charge < -0.3 is 20.6 Å². The molecule has 0 fully saturated rings. The zero-order chi connectivity index (χ0) is 23.9. The normalized spacial score (nSPS) is 12.1. The minimum absolute atomic E-state index is 0.0623. The van der Waals surface area contributed by atoms with E-state index in [-0.39, 0.29) is 10.6 Å². The molecule has 0 unspecified atom stereocenters.